The smallest absolute Gasteiger partial charge is 0.149 e. The maximum absolute atomic E-state index is 9.06. The summed E-state index contributed by atoms with van der Waals surface area (Å²) in [7, 11) is 0. The quantitative estimate of drug-likeness (QED) is 0.823. The molecule has 88 valence electrons. The first-order valence-electron chi connectivity index (χ1n) is 5.49. The normalized spacial score (nSPS) is 8.89. The van der Waals surface area contributed by atoms with E-state index in [1.165, 1.54) is 0 Å². The molecule has 0 saturated heterocycles. The van der Waals surface area contributed by atoms with E-state index in [1.807, 2.05) is 42.5 Å². The summed E-state index contributed by atoms with van der Waals surface area (Å²) < 4.78 is 0. The lowest BCUT2D eigenvalue weighted by Crippen LogP contribution is -1.87. The monoisotopic (exact) mass is 244 g/mol. The number of H-pyrrole nitrogens is 1. The predicted molar refractivity (Wildman–Crippen MR) is 70.0 cm³/mol. The van der Waals surface area contributed by atoms with Crippen molar-refractivity contribution < 1.29 is 0 Å². The third-order valence-electron chi connectivity index (χ3n) is 2.63. The van der Waals surface area contributed by atoms with Gasteiger partial charge in [0.05, 0.1) is 5.69 Å². The SMILES string of the molecule is N#CC(C#N)=C(C#N)c1ccc(-c2ccccc2)[nH]1. The number of allylic oxidation sites excluding steroid dienone is 2. The lowest BCUT2D eigenvalue weighted by molar-refractivity contribution is 1.34. The first kappa shape index (κ1) is 12.2. The third-order valence-corrected chi connectivity index (χ3v) is 2.63. The standard InChI is InChI=1S/C15H8N4/c16-8-12(9-17)13(10-18)15-7-6-14(19-15)11-4-2-1-3-5-11/h1-7,19H. The topological polar surface area (TPSA) is 87.2 Å². The highest BCUT2D eigenvalue weighted by molar-refractivity contribution is 5.84. The van der Waals surface area contributed by atoms with Crippen LogP contribution >= 0.6 is 0 Å². The highest BCUT2D eigenvalue weighted by Crippen LogP contribution is 2.23. The zero-order valence-electron chi connectivity index (χ0n) is 9.88. The Labute approximate surface area is 110 Å². The van der Waals surface area contributed by atoms with Gasteiger partial charge in [-0.05, 0) is 17.7 Å². The molecule has 0 unspecified atom stereocenters. The van der Waals surface area contributed by atoms with Crippen molar-refractivity contribution in [1.29, 1.82) is 15.8 Å². The molecule has 0 spiro atoms. The van der Waals surface area contributed by atoms with Crippen molar-refractivity contribution in [2.75, 3.05) is 0 Å². The van der Waals surface area contributed by atoms with Gasteiger partial charge in [-0.2, -0.15) is 15.8 Å². The van der Waals surface area contributed by atoms with E-state index >= 15 is 0 Å². The number of benzene rings is 1. The van der Waals surface area contributed by atoms with Crippen LogP contribution in [0.25, 0.3) is 16.8 Å². The molecule has 1 aromatic carbocycles. The average molecular weight is 244 g/mol. The summed E-state index contributed by atoms with van der Waals surface area (Å²) in [5, 5.41) is 26.7. The Morgan fingerprint density at radius 2 is 1.53 bits per heavy atom. The van der Waals surface area contributed by atoms with Gasteiger partial charge < -0.3 is 4.98 Å². The molecule has 2 aromatic rings. The van der Waals surface area contributed by atoms with E-state index in [0.29, 0.717) is 5.69 Å². The summed E-state index contributed by atoms with van der Waals surface area (Å²) >= 11 is 0. The molecule has 1 N–H and O–H groups in total. The highest BCUT2D eigenvalue weighted by Gasteiger charge is 2.11. The van der Waals surface area contributed by atoms with E-state index in [-0.39, 0.29) is 11.1 Å². The minimum Gasteiger partial charge on any atom is -0.354 e. The molecule has 1 heterocycles. The highest BCUT2D eigenvalue weighted by atomic mass is 14.7. The van der Waals surface area contributed by atoms with Gasteiger partial charge in [0.1, 0.15) is 29.4 Å². The number of hydrogen-bond acceptors (Lipinski definition) is 3. The van der Waals surface area contributed by atoms with Gasteiger partial charge in [-0.15, -0.1) is 0 Å². The summed E-state index contributed by atoms with van der Waals surface area (Å²) in [6.07, 6.45) is 0. The third kappa shape index (κ3) is 2.36. The number of nitrogens with one attached hydrogen (secondary N) is 1. The number of nitrogens with zero attached hydrogens (tertiary/aromatic N) is 3. The van der Waals surface area contributed by atoms with Crippen LogP contribution in [0.5, 0.6) is 0 Å². The summed E-state index contributed by atoms with van der Waals surface area (Å²) in [5.41, 5.74) is 2.15. The average Bonchev–Trinajstić information content (AvgIpc) is 2.95. The van der Waals surface area contributed by atoms with Gasteiger partial charge in [0.2, 0.25) is 0 Å². The second kappa shape index (κ2) is 5.36. The van der Waals surface area contributed by atoms with E-state index in [1.54, 1.807) is 18.2 Å². The maximum Gasteiger partial charge on any atom is 0.149 e. The van der Waals surface area contributed by atoms with E-state index in [4.69, 9.17) is 15.8 Å². The fourth-order valence-electron chi connectivity index (χ4n) is 1.71. The first-order chi connectivity index (χ1) is 9.30. The minimum absolute atomic E-state index is 0.0622. The number of rotatable bonds is 2. The molecule has 4 nitrogen and oxygen atoms in total. The minimum atomic E-state index is -0.191. The van der Waals surface area contributed by atoms with E-state index < -0.39 is 0 Å². The molecule has 0 amide bonds. The van der Waals surface area contributed by atoms with Gasteiger partial charge in [-0.25, -0.2) is 0 Å². The van der Waals surface area contributed by atoms with Gasteiger partial charge in [0, 0.05) is 5.69 Å². The van der Waals surface area contributed by atoms with Crippen molar-refractivity contribution in [2.45, 2.75) is 0 Å². The summed E-state index contributed by atoms with van der Waals surface area (Å²) in [4.78, 5) is 3.05. The Morgan fingerprint density at radius 1 is 0.842 bits per heavy atom. The fourth-order valence-corrected chi connectivity index (χ4v) is 1.71. The van der Waals surface area contributed by atoms with Gasteiger partial charge in [0.25, 0.3) is 0 Å². The van der Waals surface area contributed by atoms with E-state index in [2.05, 4.69) is 4.98 Å². The summed E-state index contributed by atoms with van der Waals surface area (Å²) in [6.45, 7) is 0. The van der Waals surface area contributed by atoms with Crippen molar-refractivity contribution in [3.05, 3.63) is 53.7 Å². The Bertz CT molecular complexity index is 730. The predicted octanol–water partition coefficient (Wildman–Crippen LogP) is 3.01. The van der Waals surface area contributed by atoms with Crippen LogP contribution in [-0.2, 0) is 0 Å². The maximum atomic E-state index is 9.06. The summed E-state index contributed by atoms with van der Waals surface area (Å²) in [6, 6.07) is 18.4. The van der Waals surface area contributed by atoms with Gasteiger partial charge >= 0.3 is 0 Å². The second-order valence-corrected chi connectivity index (χ2v) is 3.74. The Kier molecular flexibility index (Phi) is 3.44. The Balaban J connectivity index is 2.49. The van der Waals surface area contributed by atoms with Crippen molar-refractivity contribution in [3.63, 3.8) is 0 Å². The van der Waals surface area contributed by atoms with Crippen LogP contribution in [-0.4, -0.2) is 4.98 Å². The molecular formula is C15H8N4. The largest absolute Gasteiger partial charge is 0.354 e. The molecule has 0 saturated carbocycles. The van der Waals surface area contributed by atoms with E-state index in [0.717, 1.165) is 11.3 Å². The lowest BCUT2D eigenvalue weighted by atomic mass is 10.1. The molecule has 0 radical (unpaired) electrons. The van der Waals surface area contributed by atoms with Crippen molar-refractivity contribution >= 4 is 5.57 Å². The number of hydrogen-bond donors (Lipinski definition) is 1. The number of nitriles is 3. The van der Waals surface area contributed by atoms with Crippen molar-refractivity contribution in [3.8, 4) is 29.5 Å². The number of aromatic nitrogens is 1. The molecule has 0 aliphatic heterocycles. The first-order valence-corrected chi connectivity index (χ1v) is 5.49. The zero-order valence-corrected chi connectivity index (χ0v) is 9.88. The molecule has 0 atom stereocenters. The van der Waals surface area contributed by atoms with Crippen molar-refractivity contribution in [2.24, 2.45) is 0 Å². The molecule has 2 rings (SSSR count). The van der Waals surface area contributed by atoms with Crippen molar-refractivity contribution in [1.82, 2.24) is 4.98 Å². The fraction of sp³-hybridized carbons (Fsp3) is 0. The Hall–Kier alpha value is -3.29. The van der Waals surface area contributed by atoms with Crippen LogP contribution < -0.4 is 0 Å². The van der Waals surface area contributed by atoms with Crippen LogP contribution in [0.3, 0.4) is 0 Å². The molecule has 1 aromatic heterocycles. The molecule has 0 aliphatic rings. The van der Waals surface area contributed by atoms with Gasteiger partial charge in [0.15, 0.2) is 0 Å². The van der Waals surface area contributed by atoms with Crippen LogP contribution in [0.4, 0.5) is 0 Å². The molecule has 19 heavy (non-hydrogen) atoms. The molecule has 0 aliphatic carbocycles. The van der Waals surface area contributed by atoms with Crippen LogP contribution in [0, 0.1) is 34.0 Å². The van der Waals surface area contributed by atoms with Crippen LogP contribution in [0.2, 0.25) is 0 Å². The second-order valence-electron chi connectivity index (χ2n) is 3.74. The van der Waals surface area contributed by atoms with E-state index in [9.17, 15) is 0 Å². The lowest BCUT2D eigenvalue weighted by Gasteiger charge is -1.97. The van der Waals surface area contributed by atoms with Crippen LogP contribution in [0.15, 0.2) is 48.0 Å². The zero-order chi connectivity index (χ0) is 13.7. The summed E-state index contributed by atoms with van der Waals surface area (Å²) in [5.74, 6) is 0. The van der Waals surface area contributed by atoms with Gasteiger partial charge in [-0.3, -0.25) is 0 Å². The molecule has 4 heteroatoms. The van der Waals surface area contributed by atoms with Gasteiger partial charge in [-0.1, -0.05) is 30.3 Å². The Morgan fingerprint density at radius 3 is 2.11 bits per heavy atom. The molecule has 0 bridgehead atoms. The molecule has 0 fully saturated rings. The van der Waals surface area contributed by atoms with Crippen LogP contribution in [0.1, 0.15) is 5.69 Å². The molecular weight excluding hydrogens is 236 g/mol. The number of aromatic amines is 1.